The van der Waals surface area contributed by atoms with Gasteiger partial charge in [0, 0.05) is 13.1 Å². The fourth-order valence-corrected chi connectivity index (χ4v) is 2.66. The predicted molar refractivity (Wildman–Crippen MR) is 76.4 cm³/mol. The molecule has 4 nitrogen and oxygen atoms in total. The molecule has 1 unspecified atom stereocenters. The first-order chi connectivity index (χ1) is 9.24. The maximum absolute atomic E-state index is 9.16. The van der Waals surface area contributed by atoms with Crippen molar-refractivity contribution in [1.29, 1.82) is 5.26 Å². The number of ether oxygens (including phenoxy) is 1. The Morgan fingerprint density at radius 1 is 1.53 bits per heavy atom. The van der Waals surface area contributed by atoms with Crippen molar-refractivity contribution in [3.05, 3.63) is 23.8 Å². The highest BCUT2D eigenvalue weighted by molar-refractivity contribution is 5.66. The zero-order chi connectivity index (χ0) is 13.7. The van der Waals surface area contributed by atoms with Crippen molar-refractivity contribution in [3.8, 4) is 11.8 Å². The van der Waals surface area contributed by atoms with Gasteiger partial charge in [-0.15, -0.1) is 0 Å². The van der Waals surface area contributed by atoms with Gasteiger partial charge in [0.1, 0.15) is 11.8 Å². The van der Waals surface area contributed by atoms with Gasteiger partial charge in [-0.25, -0.2) is 0 Å². The summed E-state index contributed by atoms with van der Waals surface area (Å²) >= 11 is 0. The lowest BCUT2D eigenvalue weighted by Gasteiger charge is -2.30. The van der Waals surface area contributed by atoms with Gasteiger partial charge in [-0.05, 0) is 44.5 Å². The fourth-order valence-electron chi connectivity index (χ4n) is 2.66. The molecule has 19 heavy (non-hydrogen) atoms. The number of hydrogen-bond donors (Lipinski definition) is 1. The van der Waals surface area contributed by atoms with Crippen LogP contribution in [0.4, 0.5) is 5.69 Å². The van der Waals surface area contributed by atoms with E-state index in [1.54, 1.807) is 7.11 Å². The minimum Gasteiger partial charge on any atom is -0.495 e. The Hall–Kier alpha value is -1.73. The van der Waals surface area contributed by atoms with Crippen molar-refractivity contribution < 1.29 is 4.74 Å². The molecular formula is C15H21N3O. The summed E-state index contributed by atoms with van der Waals surface area (Å²) in [4.78, 5) is 2.36. The molecule has 1 aliphatic heterocycles. The molecule has 1 saturated heterocycles. The molecule has 0 radical (unpaired) electrons. The molecule has 1 heterocycles. The minimum absolute atomic E-state index is 0.634. The summed E-state index contributed by atoms with van der Waals surface area (Å²) in [5.41, 5.74) is 1.46. The van der Waals surface area contributed by atoms with E-state index < -0.39 is 0 Å². The van der Waals surface area contributed by atoms with Crippen LogP contribution in [0.2, 0.25) is 0 Å². The van der Waals surface area contributed by atoms with Crippen LogP contribution in [0.1, 0.15) is 18.4 Å². The van der Waals surface area contributed by atoms with E-state index in [-0.39, 0.29) is 0 Å². The number of rotatable bonds is 4. The number of methoxy groups -OCH3 is 1. The lowest BCUT2D eigenvalue weighted by Crippen LogP contribution is -2.35. The minimum atomic E-state index is 0.634. The standard InChI is InChI=1S/C15H21N3O/c1-18-8-4-5-12(11-18)10-17-15-13(9-16)6-3-7-14(15)19-2/h3,6-7,12,17H,4-5,8,10-11H2,1-2H3. The normalized spacial score (nSPS) is 19.7. The summed E-state index contributed by atoms with van der Waals surface area (Å²) in [6, 6.07) is 7.76. The maximum Gasteiger partial charge on any atom is 0.143 e. The second-order valence-electron chi connectivity index (χ2n) is 5.15. The molecule has 1 atom stereocenters. The number of hydrogen-bond acceptors (Lipinski definition) is 4. The number of likely N-dealkylation sites (tertiary alicyclic amines) is 1. The molecule has 0 amide bonds. The van der Waals surface area contributed by atoms with Gasteiger partial charge in [0.05, 0.1) is 18.4 Å². The Balaban J connectivity index is 2.04. The molecular weight excluding hydrogens is 238 g/mol. The number of nitrogens with zero attached hydrogens (tertiary/aromatic N) is 2. The lowest BCUT2D eigenvalue weighted by atomic mass is 9.98. The molecule has 0 bridgehead atoms. The molecule has 4 heteroatoms. The van der Waals surface area contributed by atoms with E-state index >= 15 is 0 Å². The van der Waals surface area contributed by atoms with Crippen LogP contribution in [0, 0.1) is 17.2 Å². The Labute approximate surface area is 115 Å². The van der Waals surface area contributed by atoms with Crippen LogP contribution < -0.4 is 10.1 Å². The number of piperidine rings is 1. The summed E-state index contributed by atoms with van der Waals surface area (Å²) in [7, 11) is 3.80. The fraction of sp³-hybridized carbons (Fsp3) is 0.533. The van der Waals surface area contributed by atoms with E-state index in [1.165, 1.54) is 19.4 Å². The summed E-state index contributed by atoms with van der Waals surface area (Å²) < 4.78 is 5.32. The second-order valence-corrected chi connectivity index (χ2v) is 5.15. The van der Waals surface area contributed by atoms with Gasteiger partial charge < -0.3 is 15.0 Å². The van der Waals surface area contributed by atoms with Gasteiger partial charge in [0.25, 0.3) is 0 Å². The molecule has 102 valence electrons. The summed E-state index contributed by atoms with van der Waals surface area (Å²) in [5, 5.41) is 12.6. The van der Waals surface area contributed by atoms with Crippen LogP contribution in [0.25, 0.3) is 0 Å². The number of anilines is 1. The van der Waals surface area contributed by atoms with Crippen LogP contribution in [0.15, 0.2) is 18.2 Å². The Morgan fingerprint density at radius 2 is 2.37 bits per heavy atom. The number of para-hydroxylation sites is 1. The summed E-state index contributed by atoms with van der Waals surface area (Å²) in [6.45, 7) is 3.19. The van der Waals surface area contributed by atoms with E-state index in [9.17, 15) is 0 Å². The molecule has 1 N–H and O–H groups in total. The highest BCUT2D eigenvalue weighted by Crippen LogP contribution is 2.28. The first kappa shape index (κ1) is 13.7. The molecule has 1 aromatic carbocycles. The highest BCUT2D eigenvalue weighted by atomic mass is 16.5. The largest absolute Gasteiger partial charge is 0.495 e. The van der Waals surface area contributed by atoms with Crippen molar-refractivity contribution in [3.63, 3.8) is 0 Å². The van der Waals surface area contributed by atoms with Crippen molar-refractivity contribution >= 4 is 5.69 Å². The third-order valence-corrected chi connectivity index (χ3v) is 3.66. The zero-order valence-electron chi connectivity index (χ0n) is 11.6. The predicted octanol–water partition coefficient (Wildman–Crippen LogP) is 2.32. The molecule has 1 aromatic rings. The molecule has 1 fully saturated rings. The monoisotopic (exact) mass is 259 g/mol. The molecule has 0 aromatic heterocycles. The third-order valence-electron chi connectivity index (χ3n) is 3.66. The van der Waals surface area contributed by atoms with Crippen LogP contribution in [0.3, 0.4) is 0 Å². The quantitative estimate of drug-likeness (QED) is 0.901. The van der Waals surface area contributed by atoms with E-state index in [1.807, 2.05) is 18.2 Å². The molecule has 0 aliphatic carbocycles. The van der Waals surface area contributed by atoms with Crippen LogP contribution in [0.5, 0.6) is 5.75 Å². The van der Waals surface area contributed by atoms with Gasteiger partial charge in [-0.2, -0.15) is 5.26 Å². The van der Waals surface area contributed by atoms with Crippen molar-refractivity contribution in [2.24, 2.45) is 5.92 Å². The molecule has 0 saturated carbocycles. The van der Waals surface area contributed by atoms with Crippen molar-refractivity contribution in [2.45, 2.75) is 12.8 Å². The van der Waals surface area contributed by atoms with Crippen LogP contribution >= 0.6 is 0 Å². The van der Waals surface area contributed by atoms with Crippen LogP contribution in [-0.2, 0) is 0 Å². The SMILES string of the molecule is COc1cccc(C#N)c1NCC1CCCN(C)C1. The Bertz CT molecular complexity index is 467. The zero-order valence-corrected chi connectivity index (χ0v) is 11.6. The van der Waals surface area contributed by atoms with E-state index in [0.29, 0.717) is 11.5 Å². The number of nitrogens with one attached hydrogen (secondary N) is 1. The topological polar surface area (TPSA) is 48.3 Å². The number of benzene rings is 1. The average molecular weight is 259 g/mol. The smallest absolute Gasteiger partial charge is 0.143 e. The van der Waals surface area contributed by atoms with Gasteiger partial charge in [0.15, 0.2) is 0 Å². The van der Waals surface area contributed by atoms with E-state index in [4.69, 9.17) is 10.00 Å². The lowest BCUT2D eigenvalue weighted by molar-refractivity contribution is 0.217. The maximum atomic E-state index is 9.16. The molecule has 1 aliphatic rings. The van der Waals surface area contributed by atoms with Gasteiger partial charge in [-0.1, -0.05) is 6.07 Å². The average Bonchev–Trinajstić information content (AvgIpc) is 2.44. The van der Waals surface area contributed by atoms with E-state index in [0.717, 1.165) is 24.5 Å². The summed E-state index contributed by atoms with van der Waals surface area (Å²) in [6.07, 6.45) is 2.49. The van der Waals surface area contributed by atoms with Crippen molar-refractivity contribution in [2.75, 3.05) is 39.1 Å². The highest BCUT2D eigenvalue weighted by Gasteiger charge is 2.18. The first-order valence-electron chi connectivity index (χ1n) is 6.74. The van der Waals surface area contributed by atoms with E-state index in [2.05, 4.69) is 23.3 Å². The van der Waals surface area contributed by atoms with Crippen molar-refractivity contribution in [1.82, 2.24) is 4.90 Å². The van der Waals surface area contributed by atoms with Gasteiger partial charge in [0.2, 0.25) is 0 Å². The third kappa shape index (κ3) is 3.39. The van der Waals surface area contributed by atoms with Crippen LogP contribution in [-0.4, -0.2) is 38.7 Å². The molecule has 0 spiro atoms. The molecule has 2 rings (SSSR count). The second kappa shape index (κ2) is 6.44. The first-order valence-corrected chi connectivity index (χ1v) is 6.74. The number of nitriles is 1. The Morgan fingerprint density at radius 3 is 3.05 bits per heavy atom. The summed E-state index contributed by atoms with van der Waals surface area (Å²) in [5.74, 6) is 1.37. The van der Waals surface area contributed by atoms with Gasteiger partial charge in [-0.3, -0.25) is 0 Å². The Kier molecular flexibility index (Phi) is 4.64. The van der Waals surface area contributed by atoms with Gasteiger partial charge >= 0.3 is 0 Å².